The maximum Gasteiger partial charge on any atom is 0.277 e. The Morgan fingerprint density at radius 3 is 2.43 bits per heavy atom. The van der Waals surface area contributed by atoms with E-state index in [9.17, 15) is 13.2 Å². The maximum atomic E-state index is 12.9. The number of carbonyl (C=O) groups is 1. The monoisotopic (exact) mass is 450 g/mol. The lowest BCUT2D eigenvalue weighted by Gasteiger charge is -2.26. The first-order valence-corrected chi connectivity index (χ1v) is 12.8. The van der Waals surface area contributed by atoms with Gasteiger partial charge in [-0.2, -0.15) is 4.31 Å². The third kappa shape index (κ3) is 4.87. The van der Waals surface area contributed by atoms with Crippen LogP contribution in [0.5, 0.6) is 0 Å². The molecule has 0 aliphatic carbocycles. The van der Waals surface area contributed by atoms with Crippen LogP contribution in [0.1, 0.15) is 38.5 Å². The fourth-order valence-electron chi connectivity index (χ4n) is 3.79. The zero-order chi connectivity index (χ0) is 21.0. The van der Waals surface area contributed by atoms with E-state index in [2.05, 4.69) is 10.2 Å². The predicted octanol–water partition coefficient (Wildman–Crippen LogP) is 3.02. The van der Waals surface area contributed by atoms with Crippen molar-refractivity contribution in [1.29, 1.82) is 0 Å². The van der Waals surface area contributed by atoms with Crippen LogP contribution in [0.15, 0.2) is 38.8 Å². The first kappa shape index (κ1) is 21.3. The summed E-state index contributed by atoms with van der Waals surface area (Å²) in [4.78, 5) is 14.4. The minimum Gasteiger partial charge on any atom is -0.411 e. The topological polar surface area (TPSA) is 96.6 Å². The highest BCUT2D eigenvalue weighted by Gasteiger charge is 2.26. The number of thioether (sulfide) groups is 1. The smallest absolute Gasteiger partial charge is 0.277 e. The Kier molecular flexibility index (Phi) is 6.74. The molecule has 8 nitrogen and oxygen atoms in total. The van der Waals surface area contributed by atoms with Crippen molar-refractivity contribution in [2.45, 2.75) is 48.6 Å². The molecule has 2 aliphatic heterocycles. The third-order valence-corrected chi connectivity index (χ3v) is 8.17. The number of carbonyl (C=O) groups excluding carboxylic acids is 1. The summed E-state index contributed by atoms with van der Waals surface area (Å²) in [6.45, 7) is 2.73. The van der Waals surface area contributed by atoms with E-state index in [-0.39, 0.29) is 22.4 Å². The Morgan fingerprint density at radius 1 is 1.00 bits per heavy atom. The Bertz CT molecular complexity index is 980. The van der Waals surface area contributed by atoms with E-state index in [0.29, 0.717) is 23.9 Å². The highest BCUT2D eigenvalue weighted by molar-refractivity contribution is 7.99. The summed E-state index contributed by atoms with van der Waals surface area (Å²) < 4.78 is 33.1. The summed E-state index contributed by atoms with van der Waals surface area (Å²) in [5, 5.41) is 8.35. The van der Waals surface area contributed by atoms with Gasteiger partial charge in [-0.05, 0) is 50.3 Å². The Labute approximate surface area is 181 Å². The highest BCUT2D eigenvalue weighted by Crippen LogP contribution is 2.27. The van der Waals surface area contributed by atoms with Crippen molar-refractivity contribution in [3.05, 3.63) is 24.3 Å². The lowest BCUT2D eigenvalue weighted by molar-refractivity contribution is -0.129. The molecule has 2 aliphatic rings. The summed E-state index contributed by atoms with van der Waals surface area (Å²) in [5.41, 5.74) is 0.551. The molecule has 2 fully saturated rings. The fraction of sp³-hybridized carbons (Fsp3) is 0.550. The number of piperidine rings is 2. The highest BCUT2D eigenvalue weighted by atomic mass is 32.2. The van der Waals surface area contributed by atoms with Crippen LogP contribution in [0.3, 0.4) is 0 Å². The number of aromatic nitrogens is 2. The van der Waals surface area contributed by atoms with Gasteiger partial charge in [0.1, 0.15) is 0 Å². The normalized spacial score (nSPS) is 18.5. The molecule has 0 bridgehead atoms. The second kappa shape index (κ2) is 9.49. The molecule has 0 saturated carbocycles. The minimum atomic E-state index is -3.53. The zero-order valence-electron chi connectivity index (χ0n) is 16.8. The van der Waals surface area contributed by atoms with Crippen LogP contribution in [-0.2, 0) is 14.8 Å². The largest absolute Gasteiger partial charge is 0.411 e. The molecule has 10 heteroatoms. The molecule has 3 heterocycles. The summed E-state index contributed by atoms with van der Waals surface area (Å²) in [6.07, 6.45) is 6.12. The molecule has 0 N–H and O–H groups in total. The molecule has 162 valence electrons. The van der Waals surface area contributed by atoms with Gasteiger partial charge in [0.15, 0.2) is 0 Å². The van der Waals surface area contributed by atoms with Gasteiger partial charge < -0.3 is 9.32 Å². The van der Waals surface area contributed by atoms with Gasteiger partial charge in [-0.25, -0.2) is 8.42 Å². The van der Waals surface area contributed by atoms with Gasteiger partial charge in [0.2, 0.25) is 21.8 Å². The fourth-order valence-corrected chi connectivity index (χ4v) is 6.02. The Hall–Kier alpha value is -1.91. The van der Waals surface area contributed by atoms with Crippen molar-refractivity contribution in [1.82, 2.24) is 19.4 Å². The van der Waals surface area contributed by atoms with Crippen molar-refractivity contribution in [2.24, 2.45) is 0 Å². The molecule has 4 rings (SSSR count). The number of rotatable bonds is 6. The third-order valence-electron chi connectivity index (χ3n) is 5.47. The quantitative estimate of drug-likeness (QED) is 0.624. The number of sulfonamides is 1. The SMILES string of the molecule is O=C(CSc1nnc(-c2cccc(S(=O)(=O)N3CCCCC3)c2)o1)N1CCCCC1. The van der Waals surface area contributed by atoms with Gasteiger partial charge in [0.25, 0.3) is 5.22 Å². The Morgan fingerprint density at radius 2 is 1.70 bits per heavy atom. The molecular weight excluding hydrogens is 424 g/mol. The first-order chi connectivity index (χ1) is 14.5. The molecule has 0 unspecified atom stereocenters. The van der Waals surface area contributed by atoms with Crippen molar-refractivity contribution >= 4 is 27.7 Å². The summed E-state index contributed by atoms with van der Waals surface area (Å²) >= 11 is 1.21. The molecule has 1 aromatic heterocycles. The number of nitrogens with zero attached hydrogens (tertiary/aromatic N) is 4. The van der Waals surface area contributed by atoms with E-state index < -0.39 is 10.0 Å². The number of benzene rings is 1. The van der Waals surface area contributed by atoms with E-state index in [1.807, 2.05) is 4.90 Å². The molecular formula is C20H26N4O4S2. The molecule has 1 aromatic carbocycles. The van der Waals surface area contributed by atoms with Crippen LogP contribution >= 0.6 is 11.8 Å². The summed E-state index contributed by atoms with van der Waals surface area (Å²) in [6, 6.07) is 6.60. The predicted molar refractivity (Wildman–Crippen MR) is 113 cm³/mol. The van der Waals surface area contributed by atoms with Gasteiger partial charge in [-0.15, -0.1) is 10.2 Å². The number of hydrogen-bond donors (Lipinski definition) is 0. The molecule has 0 spiro atoms. The standard InChI is InChI=1S/C20H26N4O4S2/c25-18(23-10-3-1-4-11-23)15-29-20-22-21-19(28-20)16-8-7-9-17(14-16)30(26,27)24-12-5-2-6-13-24/h7-9,14H,1-6,10-13,15H2. The number of hydrogen-bond acceptors (Lipinski definition) is 7. The average Bonchev–Trinajstić information content (AvgIpc) is 3.28. The van der Waals surface area contributed by atoms with E-state index in [4.69, 9.17) is 4.42 Å². The van der Waals surface area contributed by atoms with E-state index in [1.54, 1.807) is 24.3 Å². The number of amides is 1. The Balaban J connectivity index is 1.43. The minimum absolute atomic E-state index is 0.0778. The van der Waals surface area contributed by atoms with E-state index >= 15 is 0 Å². The average molecular weight is 451 g/mol. The van der Waals surface area contributed by atoms with Gasteiger partial charge in [-0.3, -0.25) is 4.79 Å². The van der Waals surface area contributed by atoms with Crippen LogP contribution in [0, 0.1) is 0 Å². The van der Waals surface area contributed by atoms with Gasteiger partial charge in [-0.1, -0.05) is 24.2 Å². The molecule has 1 amide bonds. The molecule has 2 aromatic rings. The second-order valence-corrected chi connectivity index (χ2v) is 10.5. The molecule has 30 heavy (non-hydrogen) atoms. The summed E-state index contributed by atoms with van der Waals surface area (Å²) in [5.74, 6) is 0.582. The van der Waals surface area contributed by atoms with E-state index in [1.165, 1.54) is 22.5 Å². The maximum absolute atomic E-state index is 12.9. The lowest BCUT2D eigenvalue weighted by Crippen LogP contribution is -2.36. The van der Waals surface area contributed by atoms with E-state index in [0.717, 1.165) is 45.2 Å². The second-order valence-electron chi connectivity index (χ2n) is 7.60. The van der Waals surface area contributed by atoms with Crippen molar-refractivity contribution in [3.63, 3.8) is 0 Å². The van der Waals surface area contributed by atoms with Gasteiger partial charge in [0, 0.05) is 31.7 Å². The van der Waals surface area contributed by atoms with Crippen LogP contribution in [-0.4, -0.2) is 65.7 Å². The molecule has 0 radical (unpaired) electrons. The van der Waals surface area contributed by atoms with Crippen molar-refractivity contribution in [2.75, 3.05) is 31.9 Å². The van der Waals surface area contributed by atoms with Crippen LogP contribution in [0.2, 0.25) is 0 Å². The van der Waals surface area contributed by atoms with Crippen LogP contribution in [0.25, 0.3) is 11.5 Å². The zero-order valence-corrected chi connectivity index (χ0v) is 18.5. The summed E-state index contributed by atoms with van der Waals surface area (Å²) in [7, 11) is -3.53. The van der Waals surface area contributed by atoms with Crippen LogP contribution < -0.4 is 0 Å². The first-order valence-electron chi connectivity index (χ1n) is 10.4. The van der Waals surface area contributed by atoms with Gasteiger partial charge in [0.05, 0.1) is 10.6 Å². The lowest BCUT2D eigenvalue weighted by atomic mass is 10.1. The molecule has 0 atom stereocenters. The molecule has 2 saturated heterocycles. The van der Waals surface area contributed by atoms with Crippen molar-refractivity contribution in [3.8, 4) is 11.5 Å². The van der Waals surface area contributed by atoms with Crippen molar-refractivity contribution < 1.29 is 17.6 Å². The van der Waals surface area contributed by atoms with Gasteiger partial charge >= 0.3 is 0 Å². The number of likely N-dealkylation sites (tertiary alicyclic amines) is 1. The van der Waals surface area contributed by atoms with Crippen LogP contribution in [0.4, 0.5) is 0 Å².